The third-order valence-electron chi connectivity index (χ3n) is 3.88. The molecule has 0 radical (unpaired) electrons. The van der Waals surface area contributed by atoms with E-state index in [-0.39, 0.29) is 0 Å². The molecule has 0 aliphatic rings. The number of aryl methyl sites for hydroxylation is 2. The van der Waals surface area contributed by atoms with Crippen molar-refractivity contribution >= 4 is 11.8 Å². The number of nitrogens with zero attached hydrogens (tertiary/aromatic N) is 6. The minimum absolute atomic E-state index is 0.513. The number of rotatable bonds is 5. The smallest absolute Gasteiger partial charge is 0.257 e. The fraction of sp³-hybridized carbons (Fsp3) is 0.167. The summed E-state index contributed by atoms with van der Waals surface area (Å²) in [5.74, 6) is 1.63. The van der Waals surface area contributed by atoms with Gasteiger partial charge in [-0.25, -0.2) is 0 Å². The molecule has 2 aromatic heterocycles. The number of para-hydroxylation sites is 1. The summed E-state index contributed by atoms with van der Waals surface area (Å²) in [4.78, 5) is 4.45. The molecular formula is C18H16N6OS. The SMILES string of the molecule is Cc1ccc(-c2nc(CSc3nnnn3-c3ccccc3C)no2)cc1. The van der Waals surface area contributed by atoms with E-state index in [2.05, 4.69) is 25.7 Å². The summed E-state index contributed by atoms with van der Waals surface area (Å²) in [7, 11) is 0. The van der Waals surface area contributed by atoms with E-state index in [1.165, 1.54) is 17.3 Å². The number of benzene rings is 2. The molecule has 2 heterocycles. The highest BCUT2D eigenvalue weighted by atomic mass is 32.2. The van der Waals surface area contributed by atoms with Crippen molar-refractivity contribution in [1.29, 1.82) is 0 Å². The second kappa shape index (κ2) is 7.09. The molecule has 4 aromatic rings. The zero-order valence-electron chi connectivity index (χ0n) is 14.3. The van der Waals surface area contributed by atoms with E-state index >= 15 is 0 Å². The third-order valence-corrected chi connectivity index (χ3v) is 4.80. The van der Waals surface area contributed by atoms with Gasteiger partial charge in [-0.2, -0.15) is 9.67 Å². The van der Waals surface area contributed by atoms with Gasteiger partial charge in [0.15, 0.2) is 5.82 Å². The van der Waals surface area contributed by atoms with E-state index in [1.807, 2.05) is 62.4 Å². The molecule has 7 nitrogen and oxygen atoms in total. The Kier molecular flexibility index (Phi) is 4.49. The summed E-state index contributed by atoms with van der Waals surface area (Å²) in [6.45, 7) is 4.07. The zero-order chi connectivity index (χ0) is 17.9. The van der Waals surface area contributed by atoms with E-state index in [0.29, 0.717) is 22.6 Å². The Bertz CT molecular complexity index is 1020. The second-order valence-electron chi connectivity index (χ2n) is 5.83. The van der Waals surface area contributed by atoms with Crippen molar-refractivity contribution in [2.75, 3.05) is 0 Å². The maximum atomic E-state index is 5.36. The summed E-state index contributed by atoms with van der Waals surface area (Å²) in [5, 5.41) is 16.7. The first-order valence-corrected chi connectivity index (χ1v) is 9.06. The van der Waals surface area contributed by atoms with Crippen LogP contribution in [-0.2, 0) is 5.75 Å². The number of aromatic nitrogens is 6. The Morgan fingerprint density at radius 1 is 1.04 bits per heavy atom. The largest absolute Gasteiger partial charge is 0.334 e. The van der Waals surface area contributed by atoms with Crippen LogP contribution in [0.5, 0.6) is 0 Å². The van der Waals surface area contributed by atoms with Crippen LogP contribution in [0.15, 0.2) is 58.2 Å². The molecule has 26 heavy (non-hydrogen) atoms. The van der Waals surface area contributed by atoms with Crippen LogP contribution >= 0.6 is 11.8 Å². The highest BCUT2D eigenvalue weighted by Gasteiger charge is 2.14. The van der Waals surface area contributed by atoms with Crippen molar-refractivity contribution in [3.63, 3.8) is 0 Å². The van der Waals surface area contributed by atoms with Crippen LogP contribution in [0.2, 0.25) is 0 Å². The Labute approximate surface area is 154 Å². The van der Waals surface area contributed by atoms with E-state index in [0.717, 1.165) is 16.8 Å². The lowest BCUT2D eigenvalue weighted by atomic mass is 10.1. The lowest BCUT2D eigenvalue weighted by Crippen LogP contribution is -2.01. The fourth-order valence-corrected chi connectivity index (χ4v) is 3.20. The van der Waals surface area contributed by atoms with Crippen molar-refractivity contribution in [3.8, 4) is 17.1 Å². The van der Waals surface area contributed by atoms with Crippen molar-refractivity contribution in [1.82, 2.24) is 30.3 Å². The van der Waals surface area contributed by atoms with Crippen LogP contribution in [-0.4, -0.2) is 30.3 Å². The Balaban J connectivity index is 1.50. The molecule has 4 rings (SSSR count). The van der Waals surface area contributed by atoms with Crippen LogP contribution in [0, 0.1) is 13.8 Å². The lowest BCUT2D eigenvalue weighted by Gasteiger charge is -2.06. The van der Waals surface area contributed by atoms with Crippen LogP contribution in [0.4, 0.5) is 0 Å². The molecule has 0 saturated carbocycles. The van der Waals surface area contributed by atoms with Gasteiger partial charge < -0.3 is 4.52 Å². The molecule has 0 unspecified atom stereocenters. The van der Waals surface area contributed by atoms with E-state index in [1.54, 1.807) is 4.68 Å². The number of hydrogen-bond donors (Lipinski definition) is 0. The second-order valence-corrected chi connectivity index (χ2v) is 6.77. The molecule has 2 aromatic carbocycles. The molecule has 0 fully saturated rings. The summed E-state index contributed by atoms with van der Waals surface area (Å²) in [6, 6.07) is 15.9. The Hall–Kier alpha value is -3.00. The molecule has 0 aliphatic heterocycles. The predicted octanol–water partition coefficient (Wildman–Crippen LogP) is 3.62. The molecule has 0 amide bonds. The molecule has 0 saturated heterocycles. The van der Waals surface area contributed by atoms with Gasteiger partial charge in [0, 0.05) is 5.56 Å². The molecule has 0 N–H and O–H groups in total. The molecule has 0 bridgehead atoms. The standard InChI is InChI=1S/C18H16N6OS/c1-12-7-9-14(10-8-12)17-19-16(21-25-17)11-26-18-20-22-23-24(18)15-6-4-3-5-13(15)2/h3-10H,11H2,1-2H3. The summed E-state index contributed by atoms with van der Waals surface area (Å²) < 4.78 is 7.08. The van der Waals surface area contributed by atoms with Crippen LogP contribution in [0.1, 0.15) is 17.0 Å². The summed E-state index contributed by atoms with van der Waals surface area (Å²) in [5.41, 5.74) is 4.15. The summed E-state index contributed by atoms with van der Waals surface area (Å²) >= 11 is 1.46. The zero-order valence-corrected chi connectivity index (χ0v) is 15.1. The molecule has 130 valence electrons. The van der Waals surface area contributed by atoms with Gasteiger partial charge in [-0.3, -0.25) is 0 Å². The molecule has 0 aliphatic carbocycles. The van der Waals surface area contributed by atoms with Gasteiger partial charge in [0.05, 0.1) is 11.4 Å². The first-order valence-electron chi connectivity index (χ1n) is 8.07. The van der Waals surface area contributed by atoms with Gasteiger partial charge in [0.2, 0.25) is 5.16 Å². The van der Waals surface area contributed by atoms with Crippen LogP contribution in [0.25, 0.3) is 17.1 Å². The molecule has 8 heteroatoms. The van der Waals surface area contributed by atoms with Crippen molar-refractivity contribution < 1.29 is 4.52 Å². The quantitative estimate of drug-likeness (QED) is 0.500. The van der Waals surface area contributed by atoms with Crippen molar-refractivity contribution in [2.45, 2.75) is 24.8 Å². The maximum absolute atomic E-state index is 5.36. The molecular weight excluding hydrogens is 348 g/mol. The minimum Gasteiger partial charge on any atom is -0.334 e. The maximum Gasteiger partial charge on any atom is 0.257 e. The van der Waals surface area contributed by atoms with Crippen LogP contribution < -0.4 is 0 Å². The summed E-state index contributed by atoms with van der Waals surface area (Å²) in [6.07, 6.45) is 0. The monoisotopic (exact) mass is 364 g/mol. The molecule has 0 spiro atoms. The van der Waals surface area contributed by atoms with E-state index in [4.69, 9.17) is 4.52 Å². The predicted molar refractivity (Wildman–Crippen MR) is 97.9 cm³/mol. The number of tetrazole rings is 1. The molecule has 0 atom stereocenters. The fourth-order valence-electron chi connectivity index (χ4n) is 2.48. The van der Waals surface area contributed by atoms with Gasteiger partial charge in [-0.15, -0.1) is 5.10 Å². The topological polar surface area (TPSA) is 82.5 Å². The normalized spacial score (nSPS) is 11.0. The van der Waals surface area contributed by atoms with Crippen molar-refractivity contribution in [2.24, 2.45) is 0 Å². The Morgan fingerprint density at radius 3 is 2.65 bits per heavy atom. The average Bonchev–Trinajstić information content (AvgIpc) is 3.30. The highest BCUT2D eigenvalue weighted by Crippen LogP contribution is 2.24. The van der Waals surface area contributed by atoms with Gasteiger partial charge in [0.25, 0.3) is 5.89 Å². The van der Waals surface area contributed by atoms with E-state index in [9.17, 15) is 0 Å². The van der Waals surface area contributed by atoms with Gasteiger partial charge in [-0.1, -0.05) is 52.8 Å². The Morgan fingerprint density at radius 2 is 1.85 bits per heavy atom. The van der Waals surface area contributed by atoms with Crippen LogP contribution in [0.3, 0.4) is 0 Å². The van der Waals surface area contributed by atoms with Gasteiger partial charge >= 0.3 is 0 Å². The first-order chi connectivity index (χ1) is 12.7. The highest BCUT2D eigenvalue weighted by molar-refractivity contribution is 7.98. The van der Waals surface area contributed by atoms with Crippen molar-refractivity contribution in [3.05, 3.63) is 65.5 Å². The minimum atomic E-state index is 0.513. The average molecular weight is 364 g/mol. The third kappa shape index (κ3) is 3.36. The van der Waals surface area contributed by atoms with E-state index < -0.39 is 0 Å². The lowest BCUT2D eigenvalue weighted by molar-refractivity contribution is 0.425. The first kappa shape index (κ1) is 16.5. The number of thioether (sulfide) groups is 1. The van der Waals surface area contributed by atoms with Gasteiger partial charge in [0.1, 0.15) is 0 Å². The number of hydrogen-bond acceptors (Lipinski definition) is 7. The van der Waals surface area contributed by atoms with Gasteiger partial charge in [-0.05, 0) is 48.0 Å².